The molecular formula is C6H13ClO. The molecule has 0 saturated heterocycles. The van der Waals surface area contributed by atoms with E-state index in [1.165, 1.54) is 0 Å². The van der Waals surface area contributed by atoms with Gasteiger partial charge < -0.3 is 4.74 Å². The Morgan fingerprint density at radius 2 is 2.25 bits per heavy atom. The van der Waals surface area contributed by atoms with Crippen molar-refractivity contribution >= 4 is 11.6 Å². The van der Waals surface area contributed by atoms with Gasteiger partial charge in [0.15, 0.2) is 0 Å². The third-order valence-corrected chi connectivity index (χ3v) is 1.33. The molecule has 0 spiro atoms. The van der Waals surface area contributed by atoms with Crippen LogP contribution in [0.25, 0.3) is 0 Å². The lowest BCUT2D eigenvalue weighted by atomic mass is 10.1. The van der Waals surface area contributed by atoms with Gasteiger partial charge in [-0.05, 0) is 5.92 Å². The first-order valence-electron chi connectivity index (χ1n) is 2.95. The van der Waals surface area contributed by atoms with Crippen LogP contribution in [0.3, 0.4) is 0 Å². The van der Waals surface area contributed by atoms with E-state index >= 15 is 0 Å². The molecule has 0 N–H and O–H groups in total. The molecule has 0 aliphatic carbocycles. The first-order valence-corrected chi connectivity index (χ1v) is 3.48. The van der Waals surface area contributed by atoms with Crippen molar-refractivity contribution in [1.82, 2.24) is 0 Å². The zero-order valence-corrected chi connectivity index (χ0v) is 6.24. The molecule has 0 fully saturated rings. The van der Waals surface area contributed by atoms with Crippen molar-refractivity contribution in [2.75, 3.05) is 12.7 Å². The summed E-state index contributed by atoms with van der Waals surface area (Å²) in [4.78, 5) is 0. The Hall–Kier alpha value is 0.250. The second kappa shape index (κ2) is 5.39. The Balaban J connectivity index is 2.86. The van der Waals surface area contributed by atoms with Gasteiger partial charge in [-0.1, -0.05) is 31.9 Å². The van der Waals surface area contributed by atoms with Gasteiger partial charge in [0.2, 0.25) is 0 Å². The van der Waals surface area contributed by atoms with Crippen molar-refractivity contribution in [2.45, 2.75) is 20.3 Å². The summed E-state index contributed by atoms with van der Waals surface area (Å²) < 4.78 is 4.95. The summed E-state index contributed by atoms with van der Waals surface area (Å²) in [5, 5.41) is 0. The lowest BCUT2D eigenvalue weighted by molar-refractivity contribution is 0.141. The number of ether oxygens (including phenoxy) is 1. The highest BCUT2D eigenvalue weighted by molar-refractivity contribution is 6.17. The smallest absolute Gasteiger partial charge is 0.120 e. The van der Waals surface area contributed by atoms with Gasteiger partial charge in [0.05, 0.1) is 6.61 Å². The molecule has 1 atom stereocenters. The largest absolute Gasteiger partial charge is 0.365 e. The van der Waals surface area contributed by atoms with E-state index in [0.717, 1.165) is 13.0 Å². The standard InChI is InChI=1S/C6H13ClO/c1-3-6(2)4-8-5-7/h6H,3-5H2,1-2H3. The molecule has 0 saturated carbocycles. The van der Waals surface area contributed by atoms with Crippen LogP contribution in [0.1, 0.15) is 20.3 Å². The van der Waals surface area contributed by atoms with Crippen LogP contribution < -0.4 is 0 Å². The fraction of sp³-hybridized carbons (Fsp3) is 1.00. The van der Waals surface area contributed by atoms with Crippen LogP contribution in [-0.4, -0.2) is 12.7 Å². The van der Waals surface area contributed by atoms with Gasteiger partial charge in [-0.2, -0.15) is 0 Å². The summed E-state index contributed by atoms with van der Waals surface area (Å²) >= 11 is 5.28. The third-order valence-electron chi connectivity index (χ3n) is 1.18. The van der Waals surface area contributed by atoms with E-state index in [2.05, 4.69) is 13.8 Å². The highest BCUT2D eigenvalue weighted by Gasteiger charge is 1.95. The Bertz CT molecular complexity index is 47.8. The SMILES string of the molecule is CCC(C)COCCl. The van der Waals surface area contributed by atoms with Gasteiger partial charge in [-0.15, -0.1) is 0 Å². The van der Waals surface area contributed by atoms with E-state index < -0.39 is 0 Å². The number of rotatable bonds is 4. The molecule has 0 aromatic heterocycles. The quantitative estimate of drug-likeness (QED) is 0.539. The maximum Gasteiger partial charge on any atom is 0.120 e. The molecule has 0 aromatic carbocycles. The van der Waals surface area contributed by atoms with Crippen LogP contribution in [0, 0.1) is 5.92 Å². The minimum absolute atomic E-state index is 0.324. The Labute approximate surface area is 56.0 Å². The van der Waals surface area contributed by atoms with Crippen LogP contribution in [0.15, 0.2) is 0 Å². The molecule has 1 unspecified atom stereocenters. The van der Waals surface area contributed by atoms with Crippen molar-refractivity contribution in [3.8, 4) is 0 Å². The molecule has 0 aliphatic rings. The molecule has 0 aliphatic heterocycles. The van der Waals surface area contributed by atoms with Crippen LogP contribution in [0.5, 0.6) is 0 Å². The highest BCUT2D eigenvalue weighted by Crippen LogP contribution is 2.00. The summed E-state index contributed by atoms with van der Waals surface area (Å²) in [5.74, 6) is 0.647. The molecule has 0 bridgehead atoms. The van der Waals surface area contributed by atoms with Crippen LogP contribution >= 0.6 is 11.6 Å². The van der Waals surface area contributed by atoms with Gasteiger partial charge in [-0.25, -0.2) is 0 Å². The number of hydrogen-bond acceptors (Lipinski definition) is 1. The first-order chi connectivity index (χ1) is 3.81. The zero-order valence-electron chi connectivity index (χ0n) is 5.48. The summed E-state index contributed by atoms with van der Waals surface area (Å²) in [5.41, 5.74) is 0. The average molecular weight is 137 g/mol. The lowest BCUT2D eigenvalue weighted by Gasteiger charge is -2.05. The molecule has 0 radical (unpaired) electrons. The minimum atomic E-state index is 0.324. The van der Waals surface area contributed by atoms with E-state index in [1.54, 1.807) is 0 Å². The molecule has 0 amide bonds. The second-order valence-corrected chi connectivity index (χ2v) is 2.21. The average Bonchev–Trinajstić information content (AvgIpc) is 1.83. The van der Waals surface area contributed by atoms with Gasteiger partial charge in [0.25, 0.3) is 0 Å². The monoisotopic (exact) mass is 136 g/mol. The van der Waals surface area contributed by atoms with Gasteiger partial charge in [0, 0.05) is 0 Å². The molecule has 0 rings (SSSR count). The van der Waals surface area contributed by atoms with E-state index in [9.17, 15) is 0 Å². The summed E-state index contributed by atoms with van der Waals surface area (Å²) in [6, 6.07) is 0.324. The Kier molecular flexibility index (Phi) is 5.56. The highest BCUT2D eigenvalue weighted by atomic mass is 35.5. The van der Waals surface area contributed by atoms with Gasteiger partial charge in [0.1, 0.15) is 6.07 Å². The summed E-state index contributed by atoms with van der Waals surface area (Å²) in [6.45, 7) is 5.08. The predicted molar refractivity (Wildman–Crippen MR) is 36.1 cm³/mol. The van der Waals surface area contributed by atoms with Crippen LogP contribution in [0.2, 0.25) is 0 Å². The van der Waals surface area contributed by atoms with Crippen molar-refractivity contribution < 1.29 is 4.74 Å². The van der Waals surface area contributed by atoms with E-state index in [1.807, 2.05) is 0 Å². The fourth-order valence-electron chi connectivity index (χ4n) is 0.364. The van der Waals surface area contributed by atoms with Gasteiger partial charge in [-0.3, -0.25) is 0 Å². The van der Waals surface area contributed by atoms with Crippen molar-refractivity contribution in [2.24, 2.45) is 5.92 Å². The predicted octanol–water partition coefficient (Wildman–Crippen LogP) is 2.25. The Morgan fingerprint density at radius 1 is 1.62 bits per heavy atom. The topological polar surface area (TPSA) is 9.23 Å². The molecule has 8 heavy (non-hydrogen) atoms. The fourth-order valence-corrected chi connectivity index (χ4v) is 0.453. The summed E-state index contributed by atoms with van der Waals surface area (Å²) in [7, 11) is 0. The van der Waals surface area contributed by atoms with Crippen molar-refractivity contribution in [1.29, 1.82) is 0 Å². The zero-order chi connectivity index (χ0) is 6.41. The molecule has 1 nitrogen and oxygen atoms in total. The lowest BCUT2D eigenvalue weighted by Crippen LogP contribution is -2.02. The van der Waals surface area contributed by atoms with E-state index in [4.69, 9.17) is 16.3 Å². The minimum Gasteiger partial charge on any atom is -0.365 e. The number of alkyl halides is 1. The van der Waals surface area contributed by atoms with E-state index in [0.29, 0.717) is 12.0 Å². The number of halogens is 1. The summed E-state index contributed by atoms with van der Waals surface area (Å²) in [6.07, 6.45) is 1.16. The van der Waals surface area contributed by atoms with Crippen molar-refractivity contribution in [3.63, 3.8) is 0 Å². The molecule has 0 aromatic rings. The number of hydrogen-bond donors (Lipinski definition) is 0. The molecule has 50 valence electrons. The van der Waals surface area contributed by atoms with Crippen LogP contribution in [0.4, 0.5) is 0 Å². The first kappa shape index (κ1) is 8.25. The maximum atomic E-state index is 5.28. The molecule has 2 heteroatoms. The van der Waals surface area contributed by atoms with Gasteiger partial charge >= 0.3 is 0 Å². The molecular weight excluding hydrogens is 124 g/mol. The van der Waals surface area contributed by atoms with Crippen molar-refractivity contribution in [3.05, 3.63) is 0 Å². The molecule has 0 heterocycles. The Morgan fingerprint density at radius 3 is 2.62 bits per heavy atom. The normalized spacial score (nSPS) is 13.9. The maximum absolute atomic E-state index is 5.28. The third kappa shape index (κ3) is 4.41. The van der Waals surface area contributed by atoms with Crippen LogP contribution in [-0.2, 0) is 4.74 Å². The van der Waals surface area contributed by atoms with E-state index in [-0.39, 0.29) is 0 Å². The second-order valence-electron chi connectivity index (χ2n) is 1.99.